The summed E-state index contributed by atoms with van der Waals surface area (Å²) < 4.78 is 31.8. The Balaban J connectivity index is 2.07. The Labute approximate surface area is 161 Å². The van der Waals surface area contributed by atoms with Crippen molar-refractivity contribution in [1.29, 1.82) is 0 Å². The Hall–Kier alpha value is -2.16. The first kappa shape index (κ1) is 21.1. The van der Waals surface area contributed by atoms with E-state index in [4.69, 9.17) is 4.42 Å². The lowest BCUT2D eigenvalue weighted by Crippen LogP contribution is -2.34. The van der Waals surface area contributed by atoms with E-state index in [0.717, 1.165) is 5.76 Å². The molecule has 1 aromatic carbocycles. The molecule has 0 bridgehead atoms. The fraction of sp³-hybridized carbons (Fsp3) is 0.421. The lowest BCUT2D eigenvalue weighted by molar-refractivity contribution is 0.0939. The maximum atomic E-state index is 12.5. The van der Waals surface area contributed by atoms with Crippen molar-refractivity contribution in [3.63, 3.8) is 0 Å². The van der Waals surface area contributed by atoms with Crippen LogP contribution in [-0.4, -0.2) is 57.3 Å². The number of hydrogen-bond donors (Lipinski definition) is 1. The number of benzene rings is 1. The van der Waals surface area contributed by atoms with E-state index in [1.54, 1.807) is 20.1 Å². The van der Waals surface area contributed by atoms with Crippen LogP contribution < -0.4 is 5.32 Å². The molecule has 1 atom stereocenters. The standard InChI is InChI=1S/C19H27N3O4S/c1-5-22(6-2)27(24,25)16-11-9-15(10-12-16)19(23)20-14-17(21(3)4)18-8-7-13-26-18/h7-13,17H,5-6,14H2,1-4H3,(H,20,23)/t17-/m0/s1. The maximum absolute atomic E-state index is 12.5. The summed E-state index contributed by atoms with van der Waals surface area (Å²) in [6.07, 6.45) is 1.60. The van der Waals surface area contributed by atoms with Gasteiger partial charge in [-0.25, -0.2) is 8.42 Å². The molecule has 2 rings (SSSR count). The molecule has 27 heavy (non-hydrogen) atoms. The van der Waals surface area contributed by atoms with Gasteiger partial charge in [-0.2, -0.15) is 4.31 Å². The molecular formula is C19H27N3O4S. The average Bonchev–Trinajstić information content (AvgIpc) is 3.16. The van der Waals surface area contributed by atoms with Crippen molar-refractivity contribution in [2.24, 2.45) is 0 Å². The van der Waals surface area contributed by atoms with Crippen LogP contribution in [0.15, 0.2) is 52.0 Å². The van der Waals surface area contributed by atoms with Crippen LogP contribution in [0.4, 0.5) is 0 Å². The fourth-order valence-electron chi connectivity index (χ4n) is 2.80. The third kappa shape index (κ3) is 4.97. The van der Waals surface area contributed by atoms with Crippen LogP contribution in [0.5, 0.6) is 0 Å². The number of likely N-dealkylation sites (N-methyl/N-ethyl adjacent to an activating group) is 1. The quantitative estimate of drug-likeness (QED) is 0.707. The molecule has 2 aromatic rings. The molecule has 0 aliphatic carbocycles. The molecule has 0 unspecified atom stereocenters. The lowest BCUT2D eigenvalue weighted by Gasteiger charge is -2.22. The minimum Gasteiger partial charge on any atom is -0.468 e. The highest BCUT2D eigenvalue weighted by Gasteiger charge is 2.22. The van der Waals surface area contributed by atoms with E-state index in [1.807, 2.05) is 31.1 Å². The minimum atomic E-state index is -3.53. The van der Waals surface area contributed by atoms with Crippen LogP contribution in [0.3, 0.4) is 0 Å². The highest BCUT2D eigenvalue weighted by molar-refractivity contribution is 7.89. The number of amides is 1. The van der Waals surface area contributed by atoms with Gasteiger partial charge in [-0.3, -0.25) is 9.69 Å². The Morgan fingerprint density at radius 1 is 1.11 bits per heavy atom. The molecule has 0 fully saturated rings. The van der Waals surface area contributed by atoms with Gasteiger partial charge in [0.05, 0.1) is 17.2 Å². The van der Waals surface area contributed by atoms with Crippen molar-refractivity contribution in [2.45, 2.75) is 24.8 Å². The Bertz CT molecular complexity index is 826. The zero-order chi connectivity index (χ0) is 20.0. The number of carbonyl (C=O) groups excluding carboxylic acids is 1. The van der Waals surface area contributed by atoms with Gasteiger partial charge in [-0.1, -0.05) is 13.8 Å². The SMILES string of the molecule is CCN(CC)S(=O)(=O)c1ccc(C(=O)NC[C@@H](c2ccco2)N(C)C)cc1. The molecule has 8 heteroatoms. The lowest BCUT2D eigenvalue weighted by atomic mass is 10.2. The Morgan fingerprint density at radius 3 is 2.22 bits per heavy atom. The van der Waals surface area contributed by atoms with Crippen LogP contribution in [-0.2, 0) is 10.0 Å². The molecule has 1 amide bonds. The molecule has 7 nitrogen and oxygen atoms in total. The number of carbonyl (C=O) groups is 1. The molecule has 0 radical (unpaired) electrons. The van der Waals surface area contributed by atoms with Crippen LogP contribution >= 0.6 is 0 Å². The van der Waals surface area contributed by atoms with E-state index in [2.05, 4.69) is 5.32 Å². The number of nitrogens with one attached hydrogen (secondary N) is 1. The van der Waals surface area contributed by atoms with Gasteiger partial charge in [-0.15, -0.1) is 0 Å². The maximum Gasteiger partial charge on any atom is 0.251 e. The first-order valence-electron chi connectivity index (χ1n) is 8.89. The molecule has 1 heterocycles. The van der Waals surface area contributed by atoms with Crippen LogP contribution in [0.1, 0.15) is 36.0 Å². The third-order valence-corrected chi connectivity index (χ3v) is 6.47. The Morgan fingerprint density at radius 2 is 1.74 bits per heavy atom. The van der Waals surface area contributed by atoms with Crippen molar-refractivity contribution in [3.05, 3.63) is 54.0 Å². The van der Waals surface area contributed by atoms with E-state index >= 15 is 0 Å². The topological polar surface area (TPSA) is 82.9 Å². The van der Waals surface area contributed by atoms with E-state index in [1.165, 1.54) is 28.6 Å². The highest BCUT2D eigenvalue weighted by Crippen LogP contribution is 2.19. The Kier molecular flexibility index (Phi) is 7.18. The second kappa shape index (κ2) is 9.16. The number of sulfonamides is 1. The number of nitrogens with zero attached hydrogens (tertiary/aromatic N) is 2. The van der Waals surface area contributed by atoms with Gasteiger partial charge in [0.25, 0.3) is 5.91 Å². The smallest absolute Gasteiger partial charge is 0.251 e. The number of furan rings is 1. The predicted octanol–water partition coefficient (Wildman–Crippen LogP) is 2.34. The molecule has 0 aliphatic rings. The molecule has 1 aromatic heterocycles. The van der Waals surface area contributed by atoms with Crippen LogP contribution in [0, 0.1) is 0 Å². The molecular weight excluding hydrogens is 366 g/mol. The van der Waals surface area contributed by atoms with Gasteiger partial charge >= 0.3 is 0 Å². The first-order valence-corrected chi connectivity index (χ1v) is 10.3. The summed E-state index contributed by atoms with van der Waals surface area (Å²) in [6.45, 7) is 4.77. The zero-order valence-electron chi connectivity index (χ0n) is 16.2. The molecule has 148 valence electrons. The van der Waals surface area contributed by atoms with E-state index < -0.39 is 10.0 Å². The van der Waals surface area contributed by atoms with Gasteiger partial charge in [-0.05, 0) is 50.5 Å². The highest BCUT2D eigenvalue weighted by atomic mass is 32.2. The van der Waals surface area contributed by atoms with Crippen molar-refractivity contribution in [3.8, 4) is 0 Å². The van der Waals surface area contributed by atoms with Crippen molar-refractivity contribution < 1.29 is 17.6 Å². The van der Waals surface area contributed by atoms with Crippen molar-refractivity contribution in [2.75, 3.05) is 33.7 Å². The monoisotopic (exact) mass is 393 g/mol. The molecule has 0 aliphatic heterocycles. The zero-order valence-corrected chi connectivity index (χ0v) is 17.0. The number of rotatable bonds is 9. The van der Waals surface area contributed by atoms with Gasteiger partial charge in [0, 0.05) is 25.2 Å². The number of hydrogen-bond acceptors (Lipinski definition) is 5. The van der Waals surface area contributed by atoms with Crippen molar-refractivity contribution >= 4 is 15.9 Å². The fourth-order valence-corrected chi connectivity index (χ4v) is 4.26. The summed E-state index contributed by atoms with van der Waals surface area (Å²) in [6, 6.07) is 9.59. The molecule has 0 saturated heterocycles. The van der Waals surface area contributed by atoms with E-state index in [-0.39, 0.29) is 16.8 Å². The van der Waals surface area contributed by atoms with Gasteiger partial charge in [0.15, 0.2) is 0 Å². The average molecular weight is 394 g/mol. The summed E-state index contributed by atoms with van der Waals surface area (Å²) in [5.74, 6) is 0.501. The first-order chi connectivity index (χ1) is 12.8. The second-order valence-corrected chi connectivity index (χ2v) is 8.26. The normalized spacial score (nSPS) is 13.1. The molecule has 0 saturated carbocycles. The molecule has 1 N–H and O–H groups in total. The van der Waals surface area contributed by atoms with Crippen molar-refractivity contribution in [1.82, 2.24) is 14.5 Å². The van der Waals surface area contributed by atoms with Crippen LogP contribution in [0.2, 0.25) is 0 Å². The van der Waals surface area contributed by atoms with Gasteiger partial charge in [0.1, 0.15) is 5.76 Å². The minimum absolute atomic E-state index is 0.0914. The van der Waals surface area contributed by atoms with E-state index in [0.29, 0.717) is 25.2 Å². The molecule has 0 spiro atoms. The summed E-state index contributed by atoms with van der Waals surface area (Å²) in [4.78, 5) is 14.6. The van der Waals surface area contributed by atoms with E-state index in [9.17, 15) is 13.2 Å². The predicted molar refractivity (Wildman–Crippen MR) is 104 cm³/mol. The largest absolute Gasteiger partial charge is 0.468 e. The summed E-state index contributed by atoms with van der Waals surface area (Å²) >= 11 is 0. The third-order valence-electron chi connectivity index (χ3n) is 4.41. The summed E-state index contributed by atoms with van der Waals surface area (Å²) in [5.41, 5.74) is 0.408. The van der Waals surface area contributed by atoms with Gasteiger partial charge in [0.2, 0.25) is 10.0 Å². The summed E-state index contributed by atoms with van der Waals surface area (Å²) in [5, 5.41) is 2.87. The van der Waals surface area contributed by atoms with Crippen LogP contribution in [0.25, 0.3) is 0 Å². The summed E-state index contributed by atoms with van der Waals surface area (Å²) in [7, 11) is 0.290. The second-order valence-electron chi connectivity index (χ2n) is 6.32. The van der Waals surface area contributed by atoms with Gasteiger partial charge < -0.3 is 9.73 Å².